The average molecular weight is 357 g/mol. The van der Waals surface area contributed by atoms with Crippen LogP contribution in [-0.4, -0.2) is 46.8 Å². The maximum atomic E-state index is 12.8. The minimum Gasteiger partial charge on any atom is -0.336 e. The Morgan fingerprint density at radius 2 is 1.15 bits per heavy atom. The van der Waals surface area contributed by atoms with Gasteiger partial charge < -0.3 is 9.80 Å². The van der Waals surface area contributed by atoms with Crippen LogP contribution in [0, 0.1) is 11.8 Å². The highest BCUT2D eigenvalue weighted by Gasteiger charge is 2.34. The second kappa shape index (κ2) is 7.81. The SMILES string of the molecule is CCC1CCN(C(=O)c2ccc(C(=O)N3CCC(CC)C3C)cc2)C1C. The summed E-state index contributed by atoms with van der Waals surface area (Å²) in [5.74, 6) is 1.38. The molecule has 2 saturated heterocycles. The van der Waals surface area contributed by atoms with Crippen LogP contribution in [0.1, 0.15) is 74.1 Å². The quantitative estimate of drug-likeness (QED) is 0.811. The number of carbonyl (C=O) groups excluding carboxylic acids is 2. The molecular formula is C22H32N2O2. The summed E-state index contributed by atoms with van der Waals surface area (Å²) < 4.78 is 0. The first-order chi connectivity index (χ1) is 12.5. The van der Waals surface area contributed by atoms with Gasteiger partial charge in [0.15, 0.2) is 0 Å². The van der Waals surface area contributed by atoms with Gasteiger partial charge in [-0.05, 0) is 62.8 Å². The number of likely N-dealkylation sites (tertiary alicyclic amines) is 2. The van der Waals surface area contributed by atoms with Gasteiger partial charge in [0.2, 0.25) is 0 Å². The fourth-order valence-electron chi connectivity index (χ4n) is 4.76. The highest BCUT2D eigenvalue weighted by atomic mass is 16.2. The molecule has 2 aliphatic rings. The first-order valence-corrected chi connectivity index (χ1v) is 10.2. The normalized spacial score (nSPS) is 28.6. The van der Waals surface area contributed by atoms with Crippen molar-refractivity contribution in [2.75, 3.05) is 13.1 Å². The van der Waals surface area contributed by atoms with Crippen LogP contribution < -0.4 is 0 Å². The Morgan fingerprint density at radius 3 is 1.42 bits per heavy atom. The van der Waals surface area contributed by atoms with Gasteiger partial charge in [-0.1, -0.05) is 26.7 Å². The zero-order chi connectivity index (χ0) is 18.8. The molecule has 1 aromatic carbocycles. The summed E-state index contributed by atoms with van der Waals surface area (Å²) in [4.78, 5) is 29.6. The number of amides is 2. The molecule has 26 heavy (non-hydrogen) atoms. The van der Waals surface area contributed by atoms with Crippen LogP contribution in [-0.2, 0) is 0 Å². The molecule has 0 saturated carbocycles. The van der Waals surface area contributed by atoms with Gasteiger partial charge in [-0.25, -0.2) is 0 Å². The van der Waals surface area contributed by atoms with Crippen molar-refractivity contribution < 1.29 is 9.59 Å². The van der Waals surface area contributed by atoms with E-state index in [2.05, 4.69) is 27.7 Å². The number of carbonyl (C=O) groups is 2. The second-order valence-electron chi connectivity index (χ2n) is 7.97. The highest BCUT2D eigenvalue weighted by Crippen LogP contribution is 2.29. The molecule has 0 spiro atoms. The lowest BCUT2D eigenvalue weighted by Gasteiger charge is -2.25. The summed E-state index contributed by atoms with van der Waals surface area (Å²) in [6.07, 6.45) is 4.41. The van der Waals surface area contributed by atoms with Gasteiger partial charge in [0, 0.05) is 36.3 Å². The van der Waals surface area contributed by atoms with E-state index in [0.29, 0.717) is 35.0 Å². The fraction of sp³-hybridized carbons (Fsp3) is 0.636. The Labute approximate surface area is 157 Å². The third-order valence-electron chi connectivity index (χ3n) is 6.78. The fourth-order valence-corrected chi connectivity index (χ4v) is 4.76. The summed E-state index contributed by atoms with van der Waals surface area (Å²) in [6.45, 7) is 10.4. The number of nitrogens with zero attached hydrogens (tertiary/aromatic N) is 2. The van der Waals surface area contributed by atoms with E-state index in [1.807, 2.05) is 34.1 Å². The average Bonchev–Trinajstić information content (AvgIpc) is 3.22. The lowest BCUT2D eigenvalue weighted by molar-refractivity contribution is 0.0719. The molecule has 3 rings (SSSR count). The first-order valence-electron chi connectivity index (χ1n) is 10.2. The molecule has 1 aromatic rings. The van der Waals surface area contributed by atoms with E-state index in [-0.39, 0.29) is 11.8 Å². The van der Waals surface area contributed by atoms with Gasteiger partial charge >= 0.3 is 0 Å². The molecule has 4 atom stereocenters. The standard InChI is InChI=1S/C22H32N2O2/c1-5-17-11-13-23(15(17)3)21(25)19-7-9-20(10-8-19)22(26)24-14-12-18(6-2)16(24)4/h7-10,15-18H,5-6,11-14H2,1-4H3. The van der Waals surface area contributed by atoms with E-state index in [1.54, 1.807) is 0 Å². The van der Waals surface area contributed by atoms with Crippen LogP contribution >= 0.6 is 0 Å². The molecule has 0 N–H and O–H groups in total. The lowest BCUT2D eigenvalue weighted by Crippen LogP contribution is -2.36. The third kappa shape index (κ3) is 3.38. The molecule has 2 amide bonds. The number of rotatable bonds is 4. The van der Waals surface area contributed by atoms with Gasteiger partial charge in [-0.15, -0.1) is 0 Å². The Hall–Kier alpha value is -1.84. The van der Waals surface area contributed by atoms with Crippen LogP contribution in [0.2, 0.25) is 0 Å². The molecule has 2 fully saturated rings. The van der Waals surface area contributed by atoms with E-state index in [4.69, 9.17) is 0 Å². The molecule has 142 valence electrons. The first kappa shape index (κ1) is 18.9. The molecule has 0 bridgehead atoms. The molecule has 4 nitrogen and oxygen atoms in total. The molecule has 2 heterocycles. The zero-order valence-corrected chi connectivity index (χ0v) is 16.6. The Balaban J connectivity index is 1.69. The van der Waals surface area contributed by atoms with Crippen LogP contribution in [0.3, 0.4) is 0 Å². The van der Waals surface area contributed by atoms with E-state index in [0.717, 1.165) is 38.8 Å². The van der Waals surface area contributed by atoms with Crippen LogP contribution in [0.15, 0.2) is 24.3 Å². The number of benzene rings is 1. The smallest absolute Gasteiger partial charge is 0.254 e. The molecule has 0 aromatic heterocycles. The van der Waals surface area contributed by atoms with E-state index in [1.165, 1.54) is 0 Å². The molecule has 4 unspecified atom stereocenters. The van der Waals surface area contributed by atoms with Crippen LogP contribution in [0.5, 0.6) is 0 Å². The number of hydrogen-bond acceptors (Lipinski definition) is 2. The Kier molecular flexibility index (Phi) is 5.69. The van der Waals surface area contributed by atoms with Crippen LogP contribution in [0.4, 0.5) is 0 Å². The Morgan fingerprint density at radius 1 is 0.808 bits per heavy atom. The molecule has 4 heteroatoms. The minimum absolute atomic E-state index is 0.0908. The van der Waals surface area contributed by atoms with Crippen molar-refractivity contribution in [2.24, 2.45) is 11.8 Å². The summed E-state index contributed by atoms with van der Waals surface area (Å²) in [5, 5.41) is 0. The predicted molar refractivity (Wildman–Crippen MR) is 104 cm³/mol. The maximum absolute atomic E-state index is 12.8. The zero-order valence-electron chi connectivity index (χ0n) is 16.6. The monoisotopic (exact) mass is 356 g/mol. The molecule has 0 aliphatic carbocycles. The summed E-state index contributed by atoms with van der Waals surface area (Å²) in [6, 6.07) is 7.87. The van der Waals surface area contributed by atoms with Gasteiger partial charge in [-0.2, -0.15) is 0 Å². The van der Waals surface area contributed by atoms with Gasteiger partial charge in [-0.3, -0.25) is 9.59 Å². The summed E-state index contributed by atoms with van der Waals surface area (Å²) in [5.41, 5.74) is 1.37. The summed E-state index contributed by atoms with van der Waals surface area (Å²) in [7, 11) is 0. The largest absolute Gasteiger partial charge is 0.336 e. The van der Waals surface area contributed by atoms with Gasteiger partial charge in [0.1, 0.15) is 0 Å². The van der Waals surface area contributed by atoms with Crippen molar-refractivity contribution in [3.05, 3.63) is 35.4 Å². The molecule has 2 aliphatic heterocycles. The van der Waals surface area contributed by atoms with E-state index < -0.39 is 0 Å². The topological polar surface area (TPSA) is 40.6 Å². The molecule has 0 radical (unpaired) electrons. The summed E-state index contributed by atoms with van der Waals surface area (Å²) >= 11 is 0. The van der Waals surface area contributed by atoms with Gasteiger partial charge in [0.25, 0.3) is 11.8 Å². The van der Waals surface area contributed by atoms with E-state index in [9.17, 15) is 9.59 Å². The minimum atomic E-state index is 0.0908. The van der Waals surface area contributed by atoms with Crippen molar-refractivity contribution >= 4 is 11.8 Å². The van der Waals surface area contributed by atoms with Crippen molar-refractivity contribution in [1.29, 1.82) is 0 Å². The van der Waals surface area contributed by atoms with Gasteiger partial charge in [0.05, 0.1) is 0 Å². The maximum Gasteiger partial charge on any atom is 0.254 e. The third-order valence-corrected chi connectivity index (χ3v) is 6.78. The number of hydrogen-bond donors (Lipinski definition) is 0. The highest BCUT2D eigenvalue weighted by molar-refractivity contribution is 5.98. The second-order valence-corrected chi connectivity index (χ2v) is 7.97. The van der Waals surface area contributed by atoms with Crippen molar-refractivity contribution in [2.45, 2.75) is 65.5 Å². The van der Waals surface area contributed by atoms with E-state index >= 15 is 0 Å². The van der Waals surface area contributed by atoms with Crippen molar-refractivity contribution in [3.8, 4) is 0 Å². The predicted octanol–water partition coefficient (Wildman–Crippen LogP) is 4.21. The molecular weight excluding hydrogens is 324 g/mol. The Bertz CT molecular complexity index is 598. The van der Waals surface area contributed by atoms with Crippen LogP contribution in [0.25, 0.3) is 0 Å². The lowest BCUT2D eigenvalue weighted by atomic mass is 9.99. The van der Waals surface area contributed by atoms with Crippen molar-refractivity contribution in [1.82, 2.24) is 9.80 Å². The van der Waals surface area contributed by atoms with Crippen molar-refractivity contribution in [3.63, 3.8) is 0 Å².